The number of rotatable bonds is 3. The molecule has 13 heavy (non-hydrogen) atoms. The fourth-order valence-electron chi connectivity index (χ4n) is 1.25. The van der Waals surface area contributed by atoms with E-state index < -0.39 is 0 Å². The Balaban J connectivity index is 3.15. The molecule has 3 heteroatoms. The molecule has 0 atom stereocenters. The van der Waals surface area contributed by atoms with Crippen molar-refractivity contribution in [3.8, 4) is 0 Å². The van der Waals surface area contributed by atoms with E-state index in [0.29, 0.717) is 17.7 Å². The smallest absolute Gasteiger partial charge is 0.162 e. The first kappa shape index (κ1) is 9.74. The molecule has 0 aliphatic rings. The summed E-state index contributed by atoms with van der Waals surface area (Å²) in [7, 11) is 0. The Hall–Kier alpha value is -1.35. The van der Waals surface area contributed by atoms with Gasteiger partial charge in [0.2, 0.25) is 0 Å². The molecule has 0 aromatic heterocycles. The Morgan fingerprint density at radius 3 is 2.77 bits per heavy atom. The molecule has 0 unspecified atom stereocenters. The van der Waals surface area contributed by atoms with Gasteiger partial charge in [0, 0.05) is 12.0 Å². The molecule has 0 amide bonds. The molecular weight excluding hydrogens is 166 g/mol. The van der Waals surface area contributed by atoms with Gasteiger partial charge in [0.15, 0.2) is 5.78 Å². The highest BCUT2D eigenvalue weighted by molar-refractivity contribution is 5.98. The Morgan fingerprint density at radius 1 is 1.54 bits per heavy atom. The summed E-state index contributed by atoms with van der Waals surface area (Å²) < 4.78 is 0. The molecule has 1 aromatic carbocycles. The zero-order chi connectivity index (χ0) is 9.84. The predicted octanol–water partition coefficient (Wildman–Crippen LogP) is 2.39. The molecule has 3 nitrogen and oxygen atoms in total. The SMILES string of the molecule is CCC(=O)c1cccc(NO)c1C. The van der Waals surface area contributed by atoms with E-state index in [-0.39, 0.29) is 5.78 Å². The minimum atomic E-state index is 0.0922. The summed E-state index contributed by atoms with van der Waals surface area (Å²) >= 11 is 0. The van der Waals surface area contributed by atoms with Gasteiger partial charge in [-0.25, -0.2) is 0 Å². The third-order valence-electron chi connectivity index (χ3n) is 2.08. The van der Waals surface area contributed by atoms with Crippen LogP contribution in [0.3, 0.4) is 0 Å². The highest BCUT2D eigenvalue weighted by Crippen LogP contribution is 2.19. The first-order valence-electron chi connectivity index (χ1n) is 4.23. The van der Waals surface area contributed by atoms with E-state index in [9.17, 15) is 4.79 Å². The molecule has 0 bridgehead atoms. The molecule has 2 N–H and O–H groups in total. The molecule has 0 saturated heterocycles. The molecule has 0 aliphatic heterocycles. The average Bonchev–Trinajstić information content (AvgIpc) is 2.17. The van der Waals surface area contributed by atoms with Crippen molar-refractivity contribution in [3.05, 3.63) is 29.3 Å². The van der Waals surface area contributed by atoms with Gasteiger partial charge in [0.25, 0.3) is 0 Å². The van der Waals surface area contributed by atoms with Crippen molar-refractivity contribution >= 4 is 11.5 Å². The number of ketones is 1. The van der Waals surface area contributed by atoms with Crippen LogP contribution in [0.15, 0.2) is 18.2 Å². The monoisotopic (exact) mass is 179 g/mol. The van der Waals surface area contributed by atoms with Gasteiger partial charge < -0.3 is 0 Å². The Kier molecular flexibility index (Phi) is 3.03. The van der Waals surface area contributed by atoms with Gasteiger partial charge in [-0.2, -0.15) is 0 Å². The standard InChI is InChI=1S/C10H13NO2/c1-3-10(12)8-5-4-6-9(11-13)7(8)2/h4-6,11,13H,3H2,1-2H3. The number of hydrogen-bond acceptors (Lipinski definition) is 3. The largest absolute Gasteiger partial charge is 0.294 e. The van der Waals surface area contributed by atoms with Crippen LogP contribution in [-0.2, 0) is 0 Å². The van der Waals surface area contributed by atoms with Crippen molar-refractivity contribution in [3.63, 3.8) is 0 Å². The van der Waals surface area contributed by atoms with E-state index >= 15 is 0 Å². The second-order valence-corrected chi connectivity index (χ2v) is 2.87. The van der Waals surface area contributed by atoms with E-state index in [1.165, 1.54) is 0 Å². The summed E-state index contributed by atoms with van der Waals surface area (Å²) in [5, 5.41) is 8.74. The van der Waals surface area contributed by atoms with Crippen molar-refractivity contribution in [2.45, 2.75) is 20.3 Å². The van der Waals surface area contributed by atoms with Gasteiger partial charge in [0.05, 0.1) is 5.69 Å². The first-order valence-corrected chi connectivity index (χ1v) is 4.23. The van der Waals surface area contributed by atoms with Crippen molar-refractivity contribution in [1.82, 2.24) is 0 Å². The highest BCUT2D eigenvalue weighted by atomic mass is 16.5. The lowest BCUT2D eigenvalue weighted by molar-refractivity contribution is 0.0987. The lowest BCUT2D eigenvalue weighted by Gasteiger charge is -2.07. The summed E-state index contributed by atoms with van der Waals surface area (Å²) in [6, 6.07) is 5.23. The van der Waals surface area contributed by atoms with E-state index in [1.807, 2.05) is 6.92 Å². The summed E-state index contributed by atoms with van der Waals surface area (Å²) in [5.41, 5.74) is 4.10. The molecule has 0 saturated carbocycles. The number of carbonyl (C=O) groups excluding carboxylic acids is 1. The molecular formula is C10H13NO2. The third-order valence-corrected chi connectivity index (χ3v) is 2.08. The fourth-order valence-corrected chi connectivity index (χ4v) is 1.25. The van der Waals surface area contributed by atoms with Crippen molar-refractivity contribution in [2.75, 3.05) is 5.48 Å². The minimum absolute atomic E-state index is 0.0922. The topological polar surface area (TPSA) is 49.3 Å². The quantitative estimate of drug-likeness (QED) is 0.553. The van der Waals surface area contributed by atoms with Crippen molar-refractivity contribution < 1.29 is 10.0 Å². The summed E-state index contributed by atoms with van der Waals surface area (Å²) in [4.78, 5) is 11.4. The maximum Gasteiger partial charge on any atom is 0.162 e. The zero-order valence-corrected chi connectivity index (χ0v) is 7.79. The molecule has 0 fully saturated rings. The number of nitrogens with one attached hydrogen (secondary N) is 1. The van der Waals surface area contributed by atoms with Crippen LogP contribution in [0.2, 0.25) is 0 Å². The lowest BCUT2D eigenvalue weighted by Crippen LogP contribution is -2.02. The number of carbonyl (C=O) groups is 1. The third kappa shape index (κ3) is 1.87. The van der Waals surface area contributed by atoms with Gasteiger partial charge in [-0.1, -0.05) is 19.1 Å². The molecule has 70 valence electrons. The normalized spacial score (nSPS) is 9.77. The maximum absolute atomic E-state index is 11.4. The van der Waals surface area contributed by atoms with Gasteiger partial charge in [0.1, 0.15) is 0 Å². The fraction of sp³-hybridized carbons (Fsp3) is 0.300. The summed E-state index contributed by atoms with van der Waals surface area (Å²) in [6.45, 7) is 3.63. The molecule has 0 spiro atoms. The Bertz CT molecular complexity index is 321. The van der Waals surface area contributed by atoms with Crippen molar-refractivity contribution in [1.29, 1.82) is 0 Å². The lowest BCUT2D eigenvalue weighted by atomic mass is 10.0. The van der Waals surface area contributed by atoms with Crippen LogP contribution in [0.25, 0.3) is 0 Å². The highest BCUT2D eigenvalue weighted by Gasteiger charge is 2.08. The van der Waals surface area contributed by atoms with Crippen LogP contribution in [-0.4, -0.2) is 11.0 Å². The Morgan fingerprint density at radius 2 is 2.23 bits per heavy atom. The van der Waals surface area contributed by atoms with E-state index in [4.69, 9.17) is 5.21 Å². The van der Waals surface area contributed by atoms with Crippen LogP contribution in [0.5, 0.6) is 0 Å². The van der Waals surface area contributed by atoms with Gasteiger partial charge in [-0.05, 0) is 18.6 Å². The van der Waals surface area contributed by atoms with Crippen LogP contribution in [0.1, 0.15) is 29.3 Å². The van der Waals surface area contributed by atoms with E-state index in [2.05, 4.69) is 5.48 Å². The molecule has 0 radical (unpaired) electrons. The van der Waals surface area contributed by atoms with Crippen LogP contribution in [0.4, 0.5) is 5.69 Å². The summed E-state index contributed by atoms with van der Waals surface area (Å²) in [6.07, 6.45) is 0.482. The number of hydrogen-bond donors (Lipinski definition) is 2. The Labute approximate surface area is 77.4 Å². The maximum atomic E-state index is 11.4. The number of benzene rings is 1. The second-order valence-electron chi connectivity index (χ2n) is 2.87. The second kappa shape index (κ2) is 4.05. The minimum Gasteiger partial charge on any atom is -0.294 e. The van der Waals surface area contributed by atoms with Gasteiger partial charge >= 0.3 is 0 Å². The van der Waals surface area contributed by atoms with E-state index in [1.54, 1.807) is 25.1 Å². The molecule has 1 aromatic rings. The summed E-state index contributed by atoms with van der Waals surface area (Å²) in [5.74, 6) is 0.0922. The zero-order valence-electron chi connectivity index (χ0n) is 7.79. The van der Waals surface area contributed by atoms with Gasteiger partial charge in [-0.3, -0.25) is 15.5 Å². The molecule has 0 aliphatic carbocycles. The van der Waals surface area contributed by atoms with Crippen molar-refractivity contribution in [2.24, 2.45) is 0 Å². The predicted molar refractivity (Wildman–Crippen MR) is 51.2 cm³/mol. The number of Topliss-reactive ketones (excluding diaryl/α,β-unsaturated/α-hetero) is 1. The van der Waals surface area contributed by atoms with Crippen LogP contribution in [0, 0.1) is 6.92 Å². The van der Waals surface area contributed by atoms with Crippen LogP contribution < -0.4 is 5.48 Å². The average molecular weight is 179 g/mol. The van der Waals surface area contributed by atoms with Crippen LogP contribution >= 0.6 is 0 Å². The van der Waals surface area contributed by atoms with E-state index in [0.717, 1.165) is 5.56 Å². The molecule has 1 rings (SSSR count). The van der Waals surface area contributed by atoms with Gasteiger partial charge in [-0.15, -0.1) is 0 Å². The first-order chi connectivity index (χ1) is 6.20. The number of anilines is 1. The molecule has 0 heterocycles.